The molecule has 0 unspecified atom stereocenters. The third-order valence-corrected chi connectivity index (χ3v) is 4.35. The molecule has 1 saturated heterocycles. The van der Waals surface area contributed by atoms with Crippen molar-refractivity contribution >= 4 is 11.8 Å². The van der Waals surface area contributed by atoms with Crippen molar-refractivity contribution < 1.29 is 9.59 Å². The fraction of sp³-hybridized carbons (Fsp3) is 0.889. The van der Waals surface area contributed by atoms with Crippen molar-refractivity contribution in [2.45, 2.75) is 59.8 Å². The van der Waals surface area contributed by atoms with Crippen molar-refractivity contribution in [2.24, 2.45) is 11.3 Å². The monoisotopic (exact) mass is 325 g/mol. The number of amides is 2. The molecule has 0 bridgehead atoms. The number of hydrogen-bond acceptors (Lipinski definition) is 3. The SMILES string of the molecule is CCCCNC(=O)C1CCN(CC(=O)NCCC(C)(C)C)CC1. The van der Waals surface area contributed by atoms with Gasteiger partial charge in [-0.15, -0.1) is 0 Å². The van der Waals surface area contributed by atoms with Crippen LogP contribution in [0.25, 0.3) is 0 Å². The topological polar surface area (TPSA) is 61.4 Å². The first kappa shape index (κ1) is 19.9. The molecule has 1 aliphatic heterocycles. The van der Waals surface area contributed by atoms with Gasteiger partial charge in [-0.1, -0.05) is 34.1 Å². The predicted molar refractivity (Wildman–Crippen MR) is 94.2 cm³/mol. The van der Waals surface area contributed by atoms with Crippen LogP contribution in [0, 0.1) is 11.3 Å². The van der Waals surface area contributed by atoms with Crippen LogP contribution >= 0.6 is 0 Å². The van der Waals surface area contributed by atoms with E-state index < -0.39 is 0 Å². The van der Waals surface area contributed by atoms with E-state index in [1.807, 2.05) is 0 Å². The number of carbonyl (C=O) groups excluding carboxylic acids is 2. The number of likely N-dealkylation sites (tertiary alicyclic amines) is 1. The number of hydrogen-bond donors (Lipinski definition) is 2. The molecule has 0 atom stereocenters. The molecule has 0 aromatic rings. The van der Waals surface area contributed by atoms with Crippen molar-refractivity contribution in [1.29, 1.82) is 0 Å². The molecule has 23 heavy (non-hydrogen) atoms. The molecule has 0 saturated carbocycles. The minimum Gasteiger partial charge on any atom is -0.356 e. The summed E-state index contributed by atoms with van der Waals surface area (Å²) in [6.07, 6.45) is 4.83. The van der Waals surface area contributed by atoms with Crippen molar-refractivity contribution in [3.05, 3.63) is 0 Å². The van der Waals surface area contributed by atoms with E-state index in [0.29, 0.717) is 6.54 Å². The fourth-order valence-corrected chi connectivity index (χ4v) is 2.72. The Balaban J connectivity index is 2.18. The second kappa shape index (κ2) is 9.91. The van der Waals surface area contributed by atoms with Gasteiger partial charge in [-0.2, -0.15) is 0 Å². The second-order valence-electron chi connectivity index (χ2n) is 7.86. The Bertz CT molecular complexity index is 369. The molecule has 0 aromatic carbocycles. The summed E-state index contributed by atoms with van der Waals surface area (Å²) in [5.74, 6) is 0.403. The third kappa shape index (κ3) is 8.94. The minimum absolute atomic E-state index is 0.0973. The summed E-state index contributed by atoms with van der Waals surface area (Å²) in [6.45, 7) is 12.3. The van der Waals surface area contributed by atoms with E-state index in [0.717, 1.165) is 58.3 Å². The largest absolute Gasteiger partial charge is 0.356 e. The summed E-state index contributed by atoms with van der Waals surface area (Å²) < 4.78 is 0. The van der Waals surface area contributed by atoms with E-state index in [2.05, 4.69) is 43.2 Å². The van der Waals surface area contributed by atoms with Crippen molar-refractivity contribution in [3.8, 4) is 0 Å². The van der Waals surface area contributed by atoms with Gasteiger partial charge in [0.05, 0.1) is 6.54 Å². The molecule has 0 radical (unpaired) electrons. The van der Waals surface area contributed by atoms with Gasteiger partial charge in [0.25, 0.3) is 0 Å². The van der Waals surface area contributed by atoms with Crippen LogP contribution < -0.4 is 10.6 Å². The van der Waals surface area contributed by atoms with Gasteiger partial charge in [-0.3, -0.25) is 14.5 Å². The van der Waals surface area contributed by atoms with Gasteiger partial charge in [-0.05, 0) is 44.2 Å². The second-order valence-corrected chi connectivity index (χ2v) is 7.86. The average Bonchev–Trinajstić information content (AvgIpc) is 2.46. The first-order chi connectivity index (χ1) is 10.8. The van der Waals surface area contributed by atoms with Crippen molar-refractivity contribution in [3.63, 3.8) is 0 Å². The van der Waals surface area contributed by atoms with Gasteiger partial charge >= 0.3 is 0 Å². The summed E-state index contributed by atoms with van der Waals surface area (Å²) in [5, 5.41) is 6.01. The molecule has 2 amide bonds. The first-order valence-electron chi connectivity index (χ1n) is 9.08. The van der Waals surface area contributed by atoms with Gasteiger partial charge in [0.1, 0.15) is 0 Å². The van der Waals surface area contributed by atoms with Crippen LogP contribution in [0.15, 0.2) is 0 Å². The standard InChI is InChI=1S/C18H35N3O2/c1-5-6-10-20-17(23)15-7-12-21(13-8-15)14-16(22)19-11-9-18(2,3)4/h15H,5-14H2,1-4H3,(H,19,22)(H,20,23). The van der Waals surface area contributed by atoms with E-state index in [1.54, 1.807) is 0 Å². The molecule has 0 spiro atoms. The average molecular weight is 325 g/mol. The van der Waals surface area contributed by atoms with E-state index >= 15 is 0 Å². The Hall–Kier alpha value is -1.10. The van der Waals surface area contributed by atoms with Gasteiger partial charge in [0.2, 0.25) is 11.8 Å². The molecule has 5 heteroatoms. The molecule has 1 fully saturated rings. The van der Waals surface area contributed by atoms with Crippen LogP contribution in [0.2, 0.25) is 0 Å². The summed E-state index contributed by atoms with van der Waals surface area (Å²) >= 11 is 0. The molecular formula is C18H35N3O2. The summed E-state index contributed by atoms with van der Waals surface area (Å²) in [6, 6.07) is 0. The Kier molecular flexibility index (Phi) is 8.59. The molecule has 1 rings (SSSR count). The summed E-state index contributed by atoms with van der Waals surface area (Å²) in [7, 11) is 0. The number of nitrogens with one attached hydrogen (secondary N) is 2. The zero-order valence-electron chi connectivity index (χ0n) is 15.4. The molecule has 1 heterocycles. The normalized spacial score (nSPS) is 17.0. The predicted octanol–water partition coefficient (Wildman–Crippen LogP) is 2.17. The zero-order chi connectivity index (χ0) is 17.3. The zero-order valence-corrected chi connectivity index (χ0v) is 15.4. The van der Waals surface area contributed by atoms with E-state index in [-0.39, 0.29) is 23.1 Å². The maximum absolute atomic E-state index is 12.0. The van der Waals surface area contributed by atoms with Gasteiger partial charge < -0.3 is 10.6 Å². The Labute approximate surface area is 141 Å². The van der Waals surface area contributed by atoms with Crippen LogP contribution in [0.1, 0.15) is 59.8 Å². The van der Waals surface area contributed by atoms with Gasteiger partial charge in [0.15, 0.2) is 0 Å². The quantitative estimate of drug-likeness (QED) is 0.672. The minimum atomic E-state index is 0.0973. The maximum atomic E-state index is 12.0. The lowest BCUT2D eigenvalue weighted by Crippen LogP contribution is -2.44. The number of piperidine rings is 1. The lowest BCUT2D eigenvalue weighted by molar-refractivity contribution is -0.126. The molecule has 134 valence electrons. The van der Waals surface area contributed by atoms with Gasteiger partial charge in [-0.25, -0.2) is 0 Å². The number of nitrogens with zero attached hydrogens (tertiary/aromatic N) is 1. The Morgan fingerprint density at radius 3 is 2.30 bits per heavy atom. The molecule has 1 aliphatic rings. The summed E-state index contributed by atoms with van der Waals surface area (Å²) in [5.41, 5.74) is 0.247. The van der Waals surface area contributed by atoms with Crippen LogP contribution in [0.5, 0.6) is 0 Å². The highest BCUT2D eigenvalue weighted by Crippen LogP contribution is 2.18. The van der Waals surface area contributed by atoms with Crippen LogP contribution in [-0.4, -0.2) is 49.4 Å². The van der Waals surface area contributed by atoms with E-state index in [9.17, 15) is 9.59 Å². The van der Waals surface area contributed by atoms with Crippen LogP contribution in [0.3, 0.4) is 0 Å². The molecule has 5 nitrogen and oxygen atoms in total. The lowest BCUT2D eigenvalue weighted by atomic mass is 9.92. The molecule has 0 aromatic heterocycles. The van der Waals surface area contributed by atoms with E-state index in [1.165, 1.54) is 0 Å². The molecule has 0 aliphatic carbocycles. The van der Waals surface area contributed by atoms with Crippen molar-refractivity contribution in [2.75, 3.05) is 32.7 Å². The number of rotatable bonds is 8. The van der Waals surface area contributed by atoms with Crippen LogP contribution in [-0.2, 0) is 9.59 Å². The van der Waals surface area contributed by atoms with Gasteiger partial charge in [0, 0.05) is 19.0 Å². The fourth-order valence-electron chi connectivity index (χ4n) is 2.72. The summed E-state index contributed by atoms with van der Waals surface area (Å²) in [4.78, 5) is 26.1. The highest BCUT2D eigenvalue weighted by molar-refractivity contribution is 5.79. The number of carbonyl (C=O) groups is 2. The number of unbranched alkanes of at least 4 members (excludes halogenated alkanes) is 1. The first-order valence-corrected chi connectivity index (χ1v) is 9.08. The highest BCUT2D eigenvalue weighted by atomic mass is 16.2. The highest BCUT2D eigenvalue weighted by Gasteiger charge is 2.25. The molecular weight excluding hydrogens is 290 g/mol. The van der Waals surface area contributed by atoms with Crippen molar-refractivity contribution in [1.82, 2.24) is 15.5 Å². The molecule has 2 N–H and O–H groups in total. The lowest BCUT2D eigenvalue weighted by Gasteiger charge is -2.30. The Morgan fingerprint density at radius 1 is 1.09 bits per heavy atom. The Morgan fingerprint density at radius 2 is 1.74 bits per heavy atom. The van der Waals surface area contributed by atoms with E-state index in [4.69, 9.17) is 0 Å². The third-order valence-electron chi connectivity index (χ3n) is 4.35. The smallest absolute Gasteiger partial charge is 0.234 e. The van der Waals surface area contributed by atoms with Crippen LogP contribution in [0.4, 0.5) is 0 Å². The maximum Gasteiger partial charge on any atom is 0.234 e.